The molecule has 0 saturated carbocycles. The minimum absolute atomic E-state index is 0.436. The first-order valence-corrected chi connectivity index (χ1v) is 6.84. The predicted molar refractivity (Wildman–Crippen MR) is 77.6 cm³/mol. The van der Waals surface area contributed by atoms with Crippen molar-refractivity contribution in [3.8, 4) is 5.75 Å². The SMILES string of the molecule is Cc1nc(C=CC(=O)Oc2ccc3cn[nH]c3c2)cs1. The fourth-order valence-corrected chi connectivity index (χ4v) is 2.32. The summed E-state index contributed by atoms with van der Waals surface area (Å²) in [5.41, 5.74) is 1.59. The van der Waals surface area contributed by atoms with E-state index >= 15 is 0 Å². The largest absolute Gasteiger partial charge is 0.423 e. The van der Waals surface area contributed by atoms with E-state index in [1.165, 1.54) is 17.4 Å². The molecule has 6 heteroatoms. The van der Waals surface area contributed by atoms with E-state index in [-0.39, 0.29) is 0 Å². The summed E-state index contributed by atoms with van der Waals surface area (Å²) in [4.78, 5) is 15.9. The van der Waals surface area contributed by atoms with Crippen molar-refractivity contribution in [3.05, 3.63) is 46.6 Å². The van der Waals surface area contributed by atoms with Crippen molar-refractivity contribution in [2.45, 2.75) is 6.92 Å². The highest BCUT2D eigenvalue weighted by Crippen LogP contribution is 2.18. The molecule has 0 radical (unpaired) electrons. The number of aromatic amines is 1. The zero-order valence-corrected chi connectivity index (χ0v) is 11.5. The smallest absolute Gasteiger partial charge is 0.336 e. The molecule has 5 nitrogen and oxygen atoms in total. The number of nitrogens with zero attached hydrogens (tertiary/aromatic N) is 2. The molecule has 3 rings (SSSR count). The van der Waals surface area contributed by atoms with E-state index in [1.54, 1.807) is 24.4 Å². The van der Waals surface area contributed by atoms with Crippen LogP contribution in [0.4, 0.5) is 0 Å². The number of aryl methyl sites for hydroxylation is 1. The molecule has 0 spiro atoms. The van der Waals surface area contributed by atoms with Crippen LogP contribution >= 0.6 is 11.3 Å². The maximum atomic E-state index is 11.7. The first kappa shape index (κ1) is 12.6. The lowest BCUT2D eigenvalue weighted by atomic mass is 10.2. The van der Waals surface area contributed by atoms with Gasteiger partial charge in [0.25, 0.3) is 0 Å². The lowest BCUT2D eigenvalue weighted by molar-refractivity contribution is -0.128. The second-order valence-electron chi connectivity index (χ2n) is 4.16. The molecule has 0 aliphatic heterocycles. The van der Waals surface area contributed by atoms with E-state index in [0.29, 0.717) is 5.75 Å². The quantitative estimate of drug-likeness (QED) is 0.456. The Labute approximate surface area is 118 Å². The molecule has 1 N–H and O–H groups in total. The number of ether oxygens (including phenoxy) is 1. The van der Waals surface area contributed by atoms with Crippen molar-refractivity contribution < 1.29 is 9.53 Å². The highest BCUT2D eigenvalue weighted by atomic mass is 32.1. The summed E-state index contributed by atoms with van der Waals surface area (Å²) in [6.07, 6.45) is 4.72. The highest BCUT2D eigenvalue weighted by molar-refractivity contribution is 7.09. The summed E-state index contributed by atoms with van der Waals surface area (Å²) in [6.45, 7) is 1.92. The van der Waals surface area contributed by atoms with Crippen LogP contribution in [0.25, 0.3) is 17.0 Å². The van der Waals surface area contributed by atoms with Crippen molar-refractivity contribution in [2.75, 3.05) is 0 Å². The van der Waals surface area contributed by atoms with Crippen LogP contribution in [0.1, 0.15) is 10.7 Å². The van der Waals surface area contributed by atoms with Crippen LogP contribution in [-0.2, 0) is 4.79 Å². The van der Waals surface area contributed by atoms with Crippen molar-refractivity contribution in [1.29, 1.82) is 0 Å². The van der Waals surface area contributed by atoms with Crippen LogP contribution in [0, 0.1) is 6.92 Å². The summed E-state index contributed by atoms with van der Waals surface area (Å²) in [5, 5.41) is 10.6. The van der Waals surface area contributed by atoms with Gasteiger partial charge in [-0.1, -0.05) is 0 Å². The molecule has 2 heterocycles. The fourth-order valence-electron chi connectivity index (χ4n) is 1.74. The van der Waals surface area contributed by atoms with Gasteiger partial charge in [0.05, 0.1) is 22.4 Å². The number of hydrogen-bond donors (Lipinski definition) is 1. The second-order valence-corrected chi connectivity index (χ2v) is 5.23. The number of aromatic nitrogens is 3. The molecule has 0 aliphatic carbocycles. The van der Waals surface area contributed by atoms with E-state index in [4.69, 9.17) is 4.74 Å². The second kappa shape index (κ2) is 5.26. The van der Waals surface area contributed by atoms with E-state index in [2.05, 4.69) is 15.2 Å². The third kappa shape index (κ3) is 2.75. The number of fused-ring (bicyclic) bond motifs is 1. The number of rotatable bonds is 3. The number of hydrogen-bond acceptors (Lipinski definition) is 5. The van der Waals surface area contributed by atoms with E-state index < -0.39 is 5.97 Å². The van der Waals surface area contributed by atoms with Crippen LogP contribution < -0.4 is 4.74 Å². The number of nitrogens with one attached hydrogen (secondary N) is 1. The summed E-state index contributed by atoms with van der Waals surface area (Å²) in [6, 6.07) is 5.31. The summed E-state index contributed by atoms with van der Waals surface area (Å²) in [5.74, 6) is 0.0420. The molecular weight excluding hydrogens is 274 g/mol. The van der Waals surface area contributed by atoms with Crippen LogP contribution in [0.5, 0.6) is 5.75 Å². The number of thiazole rings is 1. The maximum absolute atomic E-state index is 11.7. The standard InChI is InChI=1S/C14H11N3O2S/c1-9-16-11(8-20-9)3-5-14(18)19-12-4-2-10-7-15-17-13(10)6-12/h2-8H,1H3,(H,15,17). The van der Waals surface area contributed by atoms with E-state index in [1.807, 2.05) is 18.4 Å². The molecular formula is C14H11N3O2S. The molecule has 0 fully saturated rings. The number of carbonyl (C=O) groups is 1. The lowest BCUT2D eigenvalue weighted by Crippen LogP contribution is -2.03. The number of benzene rings is 1. The van der Waals surface area contributed by atoms with Crippen LogP contribution in [-0.4, -0.2) is 21.2 Å². The molecule has 2 aromatic heterocycles. The lowest BCUT2D eigenvalue weighted by Gasteiger charge is -2.00. The molecule has 0 unspecified atom stereocenters. The minimum atomic E-state index is -0.436. The van der Waals surface area contributed by atoms with Gasteiger partial charge in [-0.3, -0.25) is 5.10 Å². The van der Waals surface area contributed by atoms with Gasteiger partial charge >= 0.3 is 5.97 Å². The molecule has 100 valence electrons. The first-order valence-electron chi connectivity index (χ1n) is 5.96. The summed E-state index contributed by atoms with van der Waals surface area (Å²) >= 11 is 1.54. The topological polar surface area (TPSA) is 67.9 Å². The van der Waals surface area contributed by atoms with Gasteiger partial charge in [-0.25, -0.2) is 9.78 Å². The molecule has 0 bridgehead atoms. The van der Waals surface area contributed by atoms with Crippen molar-refractivity contribution in [3.63, 3.8) is 0 Å². The molecule has 0 aliphatic rings. The van der Waals surface area contributed by atoms with Gasteiger partial charge in [0.1, 0.15) is 5.75 Å². The zero-order chi connectivity index (χ0) is 13.9. The van der Waals surface area contributed by atoms with Gasteiger partial charge in [-0.15, -0.1) is 11.3 Å². The Morgan fingerprint density at radius 3 is 3.15 bits per heavy atom. The van der Waals surface area contributed by atoms with Gasteiger partial charge in [0, 0.05) is 22.9 Å². The molecule has 1 aromatic carbocycles. The number of H-pyrrole nitrogens is 1. The van der Waals surface area contributed by atoms with E-state index in [0.717, 1.165) is 21.6 Å². The highest BCUT2D eigenvalue weighted by Gasteiger charge is 2.03. The maximum Gasteiger partial charge on any atom is 0.336 e. The Bertz CT molecular complexity index is 788. The molecule has 3 aromatic rings. The van der Waals surface area contributed by atoms with Crippen molar-refractivity contribution in [2.24, 2.45) is 0 Å². The third-order valence-electron chi connectivity index (χ3n) is 2.66. The zero-order valence-electron chi connectivity index (χ0n) is 10.7. The Morgan fingerprint density at radius 1 is 1.45 bits per heavy atom. The summed E-state index contributed by atoms with van der Waals surface area (Å²) < 4.78 is 5.22. The number of carbonyl (C=O) groups excluding carboxylic acids is 1. The third-order valence-corrected chi connectivity index (χ3v) is 3.45. The average Bonchev–Trinajstić information content (AvgIpc) is 3.04. The normalized spacial score (nSPS) is 11.2. The van der Waals surface area contributed by atoms with Gasteiger partial charge in [0.15, 0.2) is 0 Å². The average molecular weight is 285 g/mol. The van der Waals surface area contributed by atoms with E-state index in [9.17, 15) is 4.79 Å². The molecule has 0 amide bonds. The van der Waals surface area contributed by atoms with Gasteiger partial charge in [-0.2, -0.15) is 5.10 Å². The van der Waals surface area contributed by atoms with Gasteiger partial charge < -0.3 is 4.74 Å². The Balaban J connectivity index is 1.70. The first-order chi connectivity index (χ1) is 9.70. The van der Waals surface area contributed by atoms with Crippen LogP contribution in [0.15, 0.2) is 35.9 Å². The summed E-state index contributed by atoms with van der Waals surface area (Å²) in [7, 11) is 0. The minimum Gasteiger partial charge on any atom is -0.423 e. The van der Waals surface area contributed by atoms with Crippen LogP contribution in [0.2, 0.25) is 0 Å². The molecule has 0 saturated heterocycles. The van der Waals surface area contributed by atoms with Gasteiger partial charge in [-0.05, 0) is 25.1 Å². The molecule has 20 heavy (non-hydrogen) atoms. The Kier molecular flexibility index (Phi) is 3.30. The van der Waals surface area contributed by atoms with Crippen molar-refractivity contribution in [1.82, 2.24) is 15.2 Å². The number of esters is 1. The monoisotopic (exact) mass is 285 g/mol. The predicted octanol–water partition coefficient (Wildman–Crippen LogP) is 2.95. The fraction of sp³-hybridized carbons (Fsp3) is 0.0714. The van der Waals surface area contributed by atoms with Gasteiger partial charge in [0.2, 0.25) is 0 Å². The van der Waals surface area contributed by atoms with Crippen LogP contribution in [0.3, 0.4) is 0 Å². The van der Waals surface area contributed by atoms with Crippen molar-refractivity contribution >= 4 is 34.3 Å². The Hall–Kier alpha value is -2.47. The Morgan fingerprint density at radius 2 is 2.35 bits per heavy atom. The molecule has 0 atom stereocenters.